The van der Waals surface area contributed by atoms with Gasteiger partial charge in [0, 0.05) is 5.56 Å². The summed E-state index contributed by atoms with van der Waals surface area (Å²) in [6.45, 7) is 8.26. The third-order valence-electron chi connectivity index (χ3n) is 5.31. The minimum absolute atomic E-state index is 0.708. The van der Waals surface area contributed by atoms with Crippen LogP contribution in [-0.4, -0.2) is 23.2 Å². The van der Waals surface area contributed by atoms with Gasteiger partial charge in [-0.15, -0.1) is 0 Å². The molecule has 160 valence electrons. The van der Waals surface area contributed by atoms with E-state index in [1.165, 1.54) is 44.9 Å². The van der Waals surface area contributed by atoms with Gasteiger partial charge in [0.15, 0.2) is 11.6 Å². The van der Waals surface area contributed by atoms with Crippen LogP contribution in [0.15, 0.2) is 36.7 Å². The van der Waals surface area contributed by atoms with E-state index in [0.29, 0.717) is 5.82 Å². The number of rotatable bonds is 15. The maximum absolute atomic E-state index is 5.84. The summed E-state index contributed by atoms with van der Waals surface area (Å²) in [6, 6.07) is 8.02. The van der Waals surface area contributed by atoms with Crippen LogP contribution in [0.25, 0.3) is 11.4 Å². The number of unbranched alkanes of at least 4 members (excludes halogenated alkanes) is 5. The van der Waals surface area contributed by atoms with Crippen molar-refractivity contribution in [3.63, 3.8) is 0 Å². The first kappa shape index (κ1) is 23.2. The zero-order chi connectivity index (χ0) is 20.7. The molecule has 0 saturated carbocycles. The van der Waals surface area contributed by atoms with Crippen molar-refractivity contribution in [2.45, 2.75) is 78.6 Å². The first-order chi connectivity index (χ1) is 14.2. The van der Waals surface area contributed by atoms with E-state index in [1.807, 2.05) is 24.3 Å². The molecule has 0 aliphatic carbocycles. The summed E-state index contributed by atoms with van der Waals surface area (Å²) in [6.07, 6.45) is 14.7. The molecule has 4 nitrogen and oxygen atoms in total. The van der Waals surface area contributed by atoms with Gasteiger partial charge in [0.05, 0.1) is 25.6 Å². The van der Waals surface area contributed by atoms with E-state index >= 15 is 0 Å². The van der Waals surface area contributed by atoms with Crippen molar-refractivity contribution in [2.75, 3.05) is 13.2 Å². The Kier molecular flexibility index (Phi) is 11.2. The Bertz CT molecular complexity index is 656. The number of aromatic nitrogens is 2. The average Bonchev–Trinajstić information content (AvgIpc) is 2.77. The number of hydrogen-bond donors (Lipinski definition) is 0. The number of hydrogen-bond acceptors (Lipinski definition) is 4. The monoisotopic (exact) mass is 398 g/mol. The molecular formula is C25H38N2O2. The fourth-order valence-corrected chi connectivity index (χ4v) is 3.14. The lowest BCUT2D eigenvalue weighted by Gasteiger charge is -2.09. The molecule has 0 amide bonds. The molecule has 0 aliphatic heterocycles. The summed E-state index contributed by atoms with van der Waals surface area (Å²) in [4.78, 5) is 8.89. The van der Waals surface area contributed by atoms with Gasteiger partial charge in [0.1, 0.15) is 5.75 Å². The van der Waals surface area contributed by atoms with Crippen LogP contribution in [0, 0.1) is 5.92 Å². The highest BCUT2D eigenvalue weighted by molar-refractivity contribution is 5.56. The van der Waals surface area contributed by atoms with Crippen LogP contribution in [0.1, 0.15) is 78.6 Å². The molecule has 1 aromatic carbocycles. The van der Waals surface area contributed by atoms with Crippen LogP contribution in [0.3, 0.4) is 0 Å². The standard InChI is InChI=1S/C25H38N2O2/c1-4-6-7-8-9-10-17-28-23-15-13-22(14-16-23)25-26-19-24(20-27-25)29-18-11-12-21(3)5-2/h13-16,19-21H,4-12,17-18H2,1-3H3. The van der Waals surface area contributed by atoms with E-state index in [0.717, 1.165) is 49.0 Å². The smallest absolute Gasteiger partial charge is 0.159 e. The van der Waals surface area contributed by atoms with Crippen LogP contribution in [-0.2, 0) is 0 Å². The molecule has 0 spiro atoms. The Morgan fingerprint density at radius 1 is 0.759 bits per heavy atom. The summed E-state index contributed by atoms with van der Waals surface area (Å²) in [5, 5.41) is 0. The van der Waals surface area contributed by atoms with Crippen LogP contribution in [0.4, 0.5) is 0 Å². The largest absolute Gasteiger partial charge is 0.494 e. The molecule has 0 aliphatic rings. The Balaban J connectivity index is 1.70. The Hall–Kier alpha value is -2.10. The molecule has 0 bridgehead atoms. The van der Waals surface area contributed by atoms with E-state index in [4.69, 9.17) is 9.47 Å². The Labute approximate surface area is 177 Å². The molecule has 0 fully saturated rings. The number of nitrogens with zero attached hydrogens (tertiary/aromatic N) is 2. The molecule has 29 heavy (non-hydrogen) atoms. The summed E-state index contributed by atoms with van der Waals surface area (Å²) in [7, 11) is 0. The molecule has 1 unspecified atom stereocenters. The topological polar surface area (TPSA) is 44.2 Å². The third-order valence-corrected chi connectivity index (χ3v) is 5.31. The van der Waals surface area contributed by atoms with E-state index in [9.17, 15) is 0 Å². The second kappa shape index (κ2) is 14.0. The summed E-state index contributed by atoms with van der Waals surface area (Å²) < 4.78 is 11.6. The molecule has 1 heterocycles. The van der Waals surface area contributed by atoms with Crippen molar-refractivity contribution >= 4 is 0 Å². The van der Waals surface area contributed by atoms with Crippen LogP contribution in [0.5, 0.6) is 11.5 Å². The zero-order valence-corrected chi connectivity index (χ0v) is 18.5. The van der Waals surface area contributed by atoms with Gasteiger partial charge >= 0.3 is 0 Å². The zero-order valence-electron chi connectivity index (χ0n) is 18.5. The molecule has 1 atom stereocenters. The first-order valence-corrected chi connectivity index (χ1v) is 11.4. The summed E-state index contributed by atoms with van der Waals surface area (Å²) in [5.74, 6) is 3.11. The lowest BCUT2D eigenvalue weighted by molar-refractivity contribution is 0.292. The van der Waals surface area contributed by atoms with Gasteiger partial charge in [0.25, 0.3) is 0 Å². The predicted molar refractivity (Wildman–Crippen MR) is 121 cm³/mol. The van der Waals surface area contributed by atoms with Gasteiger partial charge in [-0.25, -0.2) is 9.97 Å². The molecule has 0 saturated heterocycles. The van der Waals surface area contributed by atoms with Gasteiger partial charge in [0.2, 0.25) is 0 Å². The van der Waals surface area contributed by atoms with Crippen molar-refractivity contribution in [3.05, 3.63) is 36.7 Å². The fraction of sp³-hybridized carbons (Fsp3) is 0.600. The lowest BCUT2D eigenvalue weighted by Crippen LogP contribution is -2.02. The molecule has 2 rings (SSSR count). The van der Waals surface area contributed by atoms with E-state index < -0.39 is 0 Å². The minimum atomic E-state index is 0.708. The number of benzene rings is 1. The number of ether oxygens (including phenoxy) is 2. The SMILES string of the molecule is CCCCCCCCOc1ccc(-c2ncc(OCCCC(C)CC)cn2)cc1. The van der Waals surface area contributed by atoms with Crippen molar-refractivity contribution < 1.29 is 9.47 Å². The quantitative estimate of drug-likeness (QED) is 0.300. The van der Waals surface area contributed by atoms with Crippen molar-refractivity contribution in [3.8, 4) is 22.9 Å². The summed E-state index contributed by atoms with van der Waals surface area (Å²) >= 11 is 0. The second-order valence-electron chi connectivity index (χ2n) is 7.89. The second-order valence-corrected chi connectivity index (χ2v) is 7.89. The first-order valence-electron chi connectivity index (χ1n) is 11.4. The van der Waals surface area contributed by atoms with Gasteiger partial charge in [-0.05, 0) is 49.4 Å². The van der Waals surface area contributed by atoms with Crippen molar-refractivity contribution in [2.24, 2.45) is 5.92 Å². The van der Waals surface area contributed by atoms with E-state index in [-0.39, 0.29) is 0 Å². The molecule has 1 aromatic heterocycles. The molecule has 0 N–H and O–H groups in total. The molecular weight excluding hydrogens is 360 g/mol. The van der Waals surface area contributed by atoms with Crippen molar-refractivity contribution in [1.29, 1.82) is 0 Å². The molecule has 0 radical (unpaired) electrons. The molecule has 4 heteroatoms. The average molecular weight is 399 g/mol. The summed E-state index contributed by atoms with van der Waals surface area (Å²) in [5.41, 5.74) is 0.986. The van der Waals surface area contributed by atoms with Crippen molar-refractivity contribution in [1.82, 2.24) is 9.97 Å². The highest BCUT2D eigenvalue weighted by atomic mass is 16.5. The minimum Gasteiger partial charge on any atom is -0.494 e. The van der Waals surface area contributed by atoms with Crippen LogP contribution >= 0.6 is 0 Å². The normalized spacial score (nSPS) is 12.0. The van der Waals surface area contributed by atoms with E-state index in [1.54, 1.807) is 12.4 Å². The van der Waals surface area contributed by atoms with Gasteiger partial charge in [-0.1, -0.05) is 59.3 Å². The highest BCUT2D eigenvalue weighted by Gasteiger charge is 2.04. The maximum atomic E-state index is 5.84. The lowest BCUT2D eigenvalue weighted by atomic mass is 10.0. The van der Waals surface area contributed by atoms with E-state index in [2.05, 4.69) is 30.7 Å². The third kappa shape index (κ3) is 9.29. The van der Waals surface area contributed by atoms with Gasteiger partial charge < -0.3 is 9.47 Å². The predicted octanol–water partition coefficient (Wildman–Crippen LogP) is 7.09. The Morgan fingerprint density at radius 2 is 1.38 bits per heavy atom. The molecule has 2 aromatic rings. The highest BCUT2D eigenvalue weighted by Crippen LogP contribution is 2.21. The van der Waals surface area contributed by atoms with Gasteiger partial charge in [-0.3, -0.25) is 0 Å². The fourth-order valence-electron chi connectivity index (χ4n) is 3.14. The van der Waals surface area contributed by atoms with Crippen LogP contribution < -0.4 is 9.47 Å². The maximum Gasteiger partial charge on any atom is 0.159 e. The Morgan fingerprint density at radius 3 is 2.07 bits per heavy atom. The van der Waals surface area contributed by atoms with Crippen LogP contribution in [0.2, 0.25) is 0 Å². The van der Waals surface area contributed by atoms with Gasteiger partial charge in [-0.2, -0.15) is 0 Å².